The Kier molecular flexibility index (Phi) is 3.76. The Morgan fingerprint density at radius 2 is 2.00 bits per heavy atom. The zero-order valence-corrected chi connectivity index (χ0v) is 11.5. The molecule has 1 aromatic rings. The fraction of sp³-hybridized carbons (Fsp3) is 0.625. The molecule has 3 nitrogen and oxygen atoms in total. The smallest absolute Gasteiger partial charge is 0.120 e. The number of benzene rings is 1. The summed E-state index contributed by atoms with van der Waals surface area (Å²) in [6, 6.07) is 6.10. The van der Waals surface area contributed by atoms with Crippen LogP contribution in [0.2, 0.25) is 0 Å². The van der Waals surface area contributed by atoms with Crippen molar-refractivity contribution < 1.29 is 14.6 Å². The molecule has 0 radical (unpaired) electrons. The number of aliphatic hydroxyl groups excluding tert-OH is 1. The van der Waals surface area contributed by atoms with E-state index in [0.717, 1.165) is 43.4 Å². The van der Waals surface area contributed by atoms with Gasteiger partial charge in [0.15, 0.2) is 0 Å². The highest BCUT2D eigenvalue weighted by Gasteiger charge is 2.24. The van der Waals surface area contributed by atoms with Crippen molar-refractivity contribution >= 4 is 0 Å². The van der Waals surface area contributed by atoms with E-state index in [0.29, 0.717) is 6.10 Å². The molecule has 0 amide bonds. The van der Waals surface area contributed by atoms with Crippen LogP contribution in [0.15, 0.2) is 18.2 Å². The molecule has 0 aromatic heterocycles. The Labute approximate surface area is 114 Å². The lowest BCUT2D eigenvalue weighted by Crippen LogP contribution is -2.29. The molecule has 0 heterocycles. The van der Waals surface area contributed by atoms with Gasteiger partial charge in [-0.05, 0) is 55.4 Å². The number of rotatable bonds is 3. The lowest BCUT2D eigenvalue weighted by molar-refractivity contribution is 0.0209. The molecule has 0 spiro atoms. The molecule has 3 rings (SSSR count). The van der Waals surface area contributed by atoms with Crippen LogP contribution >= 0.6 is 0 Å². The van der Waals surface area contributed by atoms with Crippen LogP contribution < -0.4 is 4.74 Å². The van der Waals surface area contributed by atoms with Gasteiger partial charge in [0.1, 0.15) is 11.9 Å². The van der Waals surface area contributed by atoms with Gasteiger partial charge in [-0.15, -0.1) is 0 Å². The molecule has 0 saturated heterocycles. The quantitative estimate of drug-likeness (QED) is 0.910. The average Bonchev–Trinajstić information content (AvgIpc) is 2.80. The van der Waals surface area contributed by atoms with E-state index in [2.05, 4.69) is 6.07 Å². The van der Waals surface area contributed by atoms with E-state index in [-0.39, 0.29) is 12.2 Å². The summed E-state index contributed by atoms with van der Waals surface area (Å²) < 4.78 is 11.5. The predicted octanol–water partition coefficient (Wildman–Crippen LogP) is 3.00. The summed E-state index contributed by atoms with van der Waals surface area (Å²) in [5.74, 6) is 0.939. The third-order valence-electron chi connectivity index (χ3n) is 4.37. The normalized spacial score (nSPS) is 30.1. The van der Waals surface area contributed by atoms with Crippen molar-refractivity contribution in [3.8, 4) is 5.75 Å². The molecule has 1 saturated carbocycles. The van der Waals surface area contributed by atoms with Crippen molar-refractivity contribution in [1.29, 1.82) is 0 Å². The van der Waals surface area contributed by atoms with Crippen LogP contribution in [-0.4, -0.2) is 24.4 Å². The molecule has 0 aliphatic heterocycles. The molecule has 1 N–H and O–H groups in total. The van der Waals surface area contributed by atoms with Crippen LogP contribution in [0.25, 0.3) is 0 Å². The standard InChI is InChI=1S/C16H22O3/c1-18-12-3-2-4-13(10-12)19-14-6-7-15-11(9-14)5-8-16(15)17/h6-7,9,12-13,16-17H,2-5,8,10H2,1H3. The van der Waals surface area contributed by atoms with E-state index < -0.39 is 0 Å². The zero-order chi connectivity index (χ0) is 13.2. The second-order valence-electron chi connectivity index (χ2n) is 5.68. The van der Waals surface area contributed by atoms with Gasteiger partial charge < -0.3 is 14.6 Å². The van der Waals surface area contributed by atoms with Crippen LogP contribution in [-0.2, 0) is 11.2 Å². The largest absolute Gasteiger partial charge is 0.490 e. The summed E-state index contributed by atoms with van der Waals surface area (Å²) in [5, 5.41) is 9.80. The summed E-state index contributed by atoms with van der Waals surface area (Å²) in [6.07, 6.45) is 6.54. The van der Waals surface area contributed by atoms with Crippen molar-refractivity contribution in [3.05, 3.63) is 29.3 Å². The van der Waals surface area contributed by atoms with E-state index in [1.807, 2.05) is 12.1 Å². The molecule has 19 heavy (non-hydrogen) atoms. The van der Waals surface area contributed by atoms with Crippen LogP contribution in [0, 0.1) is 0 Å². The van der Waals surface area contributed by atoms with Crippen molar-refractivity contribution in [3.63, 3.8) is 0 Å². The monoisotopic (exact) mass is 262 g/mol. The minimum atomic E-state index is -0.281. The number of ether oxygens (including phenoxy) is 2. The van der Waals surface area contributed by atoms with E-state index in [9.17, 15) is 5.11 Å². The molecule has 2 aliphatic carbocycles. The summed E-state index contributed by atoms with van der Waals surface area (Å²) >= 11 is 0. The maximum atomic E-state index is 9.80. The molecule has 1 fully saturated rings. The molecular weight excluding hydrogens is 240 g/mol. The number of hydrogen-bond acceptors (Lipinski definition) is 3. The van der Waals surface area contributed by atoms with Gasteiger partial charge in [-0.3, -0.25) is 0 Å². The molecule has 1 aromatic carbocycles. The molecule has 104 valence electrons. The lowest BCUT2D eigenvalue weighted by atomic mass is 9.95. The summed E-state index contributed by atoms with van der Waals surface area (Å²) in [5.41, 5.74) is 2.31. The van der Waals surface area contributed by atoms with Gasteiger partial charge in [-0.1, -0.05) is 6.07 Å². The van der Waals surface area contributed by atoms with E-state index >= 15 is 0 Å². The van der Waals surface area contributed by atoms with Crippen LogP contribution in [0.1, 0.15) is 49.3 Å². The van der Waals surface area contributed by atoms with E-state index in [4.69, 9.17) is 9.47 Å². The van der Waals surface area contributed by atoms with Crippen molar-refractivity contribution in [1.82, 2.24) is 0 Å². The number of hydrogen-bond donors (Lipinski definition) is 1. The number of methoxy groups -OCH3 is 1. The van der Waals surface area contributed by atoms with Gasteiger partial charge in [-0.25, -0.2) is 0 Å². The summed E-state index contributed by atoms with van der Waals surface area (Å²) in [4.78, 5) is 0. The van der Waals surface area contributed by atoms with Gasteiger partial charge in [-0.2, -0.15) is 0 Å². The van der Waals surface area contributed by atoms with Crippen LogP contribution in [0.3, 0.4) is 0 Å². The van der Waals surface area contributed by atoms with Crippen molar-refractivity contribution in [2.24, 2.45) is 0 Å². The average molecular weight is 262 g/mol. The number of fused-ring (bicyclic) bond motifs is 1. The lowest BCUT2D eigenvalue weighted by Gasteiger charge is -2.28. The van der Waals surface area contributed by atoms with Gasteiger partial charge in [0.2, 0.25) is 0 Å². The van der Waals surface area contributed by atoms with Crippen molar-refractivity contribution in [2.45, 2.75) is 56.8 Å². The minimum Gasteiger partial charge on any atom is -0.490 e. The molecule has 3 unspecified atom stereocenters. The highest BCUT2D eigenvalue weighted by atomic mass is 16.5. The van der Waals surface area contributed by atoms with E-state index in [1.54, 1.807) is 7.11 Å². The Morgan fingerprint density at radius 3 is 2.84 bits per heavy atom. The number of aryl methyl sites for hydroxylation is 1. The third-order valence-corrected chi connectivity index (χ3v) is 4.37. The molecule has 0 bridgehead atoms. The van der Waals surface area contributed by atoms with Crippen molar-refractivity contribution in [2.75, 3.05) is 7.11 Å². The third kappa shape index (κ3) is 2.77. The minimum absolute atomic E-state index is 0.267. The molecule has 3 heteroatoms. The zero-order valence-electron chi connectivity index (χ0n) is 11.5. The molecule has 2 aliphatic rings. The van der Waals surface area contributed by atoms with Gasteiger partial charge >= 0.3 is 0 Å². The fourth-order valence-electron chi connectivity index (χ4n) is 3.26. The second kappa shape index (κ2) is 5.51. The first-order valence-electron chi connectivity index (χ1n) is 7.26. The fourth-order valence-corrected chi connectivity index (χ4v) is 3.26. The highest BCUT2D eigenvalue weighted by molar-refractivity contribution is 5.39. The topological polar surface area (TPSA) is 38.7 Å². The second-order valence-corrected chi connectivity index (χ2v) is 5.68. The predicted molar refractivity (Wildman–Crippen MR) is 73.4 cm³/mol. The molecule has 3 atom stereocenters. The first-order chi connectivity index (χ1) is 9.26. The van der Waals surface area contributed by atoms with Crippen LogP contribution in [0.4, 0.5) is 0 Å². The maximum Gasteiger partial charge on any atom is 0.120 e. The Balaban J connectivity index is 1.67. The van der Waals surface area contributed by atoms with Gasteiger partial charge in [0.25, 0.3) is 0 Å². The molecular formula is C16H22O3. The highest BCUT2D eigenvalue weighted by Crippen LogP contribution is 2.34. The Bertz CT molecular complexity index is 444. The summed E-state index contributed by atoms with van der Waals surface area (Å²) in [7, 11) is 1.78. The first-order valence-corrected chi connectivity index (χ1v) is 7.26. The SMILES string of the molecule is COC1CCCC(Oc2ccc3c(c2)CCC3O)C1. The maximum absolute atomic E-state index is 9.80. The number of aliphatic hydroxyl groups is 1. The van der Waals surface area contributed by atoms with Gasteiger partial charge in [0.05, 0.1) is 12.2 Å². The summed E-state index contributed by atoms with van der Waals surface area (Å²) in [6.45, 7) is 0. The van der Waals surface area contributed by atoms with E-state index in [1.165, 1.54) is 12.0 Å². The Morgan fingerprint density at radius 1 is 1.16 bits per heavy atom. The first kappa shape index (κ1) is 12.9. The van der Waals surface area contributed by atoms with Gasteiger partial charge in [0, 0.05) is 13.5 Å². The van der Waals surface area contributed by atoms with Crippen LogP contribution in [0.5, 0.6) is 5.75 Å². The Hall–Kier alpha value is -1.06.